The predicted octanol–water partition coefficient (Wildman–Crippen LogP) is 26.2. The van der Waals surface area contributed by atoms with Crippen molar-refractivity contribution in [2.45, 2.75) is 155 Å². The van der Waals surface area contributed by atoms with Crippen LogP contribution in [-0.4, -0.2) is 11.3 Å². The Morgan fingerprint density at radius 1 is 0.264 bits per heavy atom. The third kappa shape index (κ3) is 11.3. The van der Waals surface area contributed by atoms with Gasteiger partial charge in [-0.1, -0.05) is 303 Å². The first-order valence-corrected chi connectivity index (χ1v) is 38.7. The Bertz CT molecular complexity index is 5460. The number of fused-ring (bicyclic) bond motifs is 9. The first-order valence-electron chi connectivity index (χ1n) is 38.7. The fraction of sp³-hybridized carbons (Fsp3) is 0.235. The average molecular weight is 1370 g/mol. The molecule has 0 radical (unpaired) electrons. The fourth-order valence-electron chi connectivity index (χ4n) is 18.4. The van der Waals surface area contributed by atoms with Crippen molar-refractivity contribution in [3.8, 4) is 72.4 Å². The van der Waals surface area contributed by atoms with Gasteiger partial charge in [0.1, 0.15) is 0 Å². The van der Waals surface area contributed by atoms with Crippen LogP contribution in [0, 0.1) is 0 Å². The third-order valence-corrected chi connectivity index (χ3v) is 25.1. The summed E-state index contributed by atoms with van der Waals surface area (Å²) < 4.78 is 2.58. The number of benzene rings is 13. The SMILES string of the molecule is CC(C)(C)c1ccc(-c2ccc3c(c2)N(c2ccc(-c4ccc5c(c4)C(C)(C)CCC5(C)C)cc2)c2cc(-n4c5ccc(-c6ccccc6)cc5c5cc(-c6ccccc6)ccc54)cc4c2B3c2ccc(-c3ccc(C(C)(C)C)cc3)cc2N4c2ccc(-c3ccc4c(c3)C(C)(C)CCC4(C)C)cc2)cc1. The van der Waals surface area contributed by atoms with Crippen LogP contribution in [0.3, 0.4) is 0 Å². The summed E-state index contributed by atoms with van der Waals surface area (Å²) in [5.41, 5.74) is 37.6. The summed E-state index contributed by atoms with van der Waals surface area (Å²) in [6, 6.07) is 108. The lowest BCUT2D eigenvalue weighted by Crippen LogP contribution is -2.61. The van der Waals surface area contributed by atoms with E-state index in [1.165, 1.54) is 164 Å². The molecule has 18 rings (SSSR count). The van der Waals surface area contributed by atoms with Crippen LogP contribution in [0.4, 0.5) is 34.1 Å². The zero-order chi connectivity index (χ0) is 73.1. The van der Waals surface area contributed by atoms with Gasteiger partial charge >= 0.3 is 0 Å². The smallest absolute Gasteiger partial charge is 0.252 e. The fourth-order valence-corrected chi connectivity index (χ4v) is 18.4. The van der Waals surface area contributed by atoms with Gasteiger partial charge < -0.3 is 14.4 Å². The van der Waals surface area contributed by atoms with Crippen molar-refractivity contribution in [2.24, 2.45) is 0 Å². The first-order chi connectivity index (χ1) is 50.7. The molecule has 106 heavy (non-hydrogen) atoms. The molecule has 1 aromatic heterocycles. The normalized spacial score (nSPS) is 15.9. The number of hydrogen-bond acceptors (Lipinski definition) is 2. The second kappa shape index (κ2) is 24.4. The third-order valence-electron chi connectivity index (χ3n) is 25.1. The van der Waals surface area contributed by atoms with Crippen molar-refractivity contribution in [3.63, 3.8) is 0 Å². The zero-order valence-electron chi connectivity index (χ0n) is 64.3. The summed E-state index contributed by atoms with van der Waals surface area (Å²) in [6.45, 7) is 33.2. The lowest BCUT2D eigenvalue weighted by Gasteiger charge is -2.44. The van der Waals surface area contributed by atoms with Gasteiger partial charge in [0, 0.05) is 44.9 Å². The molecule has 3 heterocycles. The maximum absolute atomic E-state index is 2.63. The van der Waals surface area contributed by atoms with Crippen molar-refractivity contribution < 1.29 is 0 Å². The summed E-state index contributed by atoms with van der Waals surface area (Å²) in [5, 5.41) is 2.42. The van der Waals surface area contributed by atoms with Gasteiger partial charge in [0.05, 0.1) is 16.7 Å². The lowest BCUT2D eigenvalue weighted by atomic mass is 9.33. The first kappa shape index (κ1) is 67.2. The summed E-state index contributed by atoms with van der Waals surface area (Å²) in [7, 11) is 0. The Morgan fingerprint density at radius 3 is 0.934 bits per heavy atom. The largest absolute Gasteiger partial charge is 0.311 e. The molecule has 0 saturated carbocycles. The van der Waals surface area contributed by atoms with Crippen LogP contribution in [0.15, 0.2) is 279 Å². The summed E-state index contributed by atoms with van der Waals surface area (Å²) in [6.07, 6.45) is 4.71. The monoisotopic (exact) mass is 1370 g/mol. The van der Waals surface area contributed by atoms with E-state index in [1.807, 2.05) is 0 Å². The van der Waals surface area contributed by atoms with E-state index >= 15 is 0 Å². The van der Waals surface area contributed by atoms with Gasteiger partial charge in [0.25, 0.3) is 6.71 Å². The van der Waals surface area contributed by atoms with Gasteiger partial charge in [-0.15, -0.1) is 0 Å². The molecule has 0 unspecified atom stereocenters. The zero-order valence-corrected chi connectivity index (χ0v) is 64.3. The molecule has 4 aliphatic rings. The highest BCUT2D eigenvalue weighted by Crippen LogP contribution is 2.52. The molecule has 0 saturated heterocycles. The van der Waals surface area contributed by atoms with Crippen molar-refractivity contribution in [2.75, 3.05) is 9.80 Å². The van der Waals surface area contributed by atoms with Crippen LogP contribution in [0.1, 0.15) is 156 Å². The van der Waals surface area contributed by atoms with Gasteiger partial charge in [-0.2, -0.15) is 0 Å². The van der Waals surface area contributed by atoms with E-state index in [4.69, 9.17) is 0 Å². The molecule has 0 spiro atoms. The van der Waals surface area contributed by atoms with E-state index < -0.39 is 0 Å². The van der Waals surface area contributed by atoms with Crippen LogP contribution in [-0.2, 0) is 32.5 Å². The van der Waals surface area contributed by atoms with E-state index in [0.717, 1.165) is 39.5 Å². The van der Waals surface area contributed by atoms with E-state index in [-0.39, 0.29) is 39.2 Å². The molecule has 3 nitrogen and oxygen atoms in total. The Kier molecular flexibility index (Phi) is 15.5. The Morgan fingerprint density at radius 2 is 0.566 bits per heavy atom. The van der Waals surface area contributed by atoms with Crippen molar-refractivity contribution in [3.05, 3.63) is 312 Å². The van der Waals surface area contributed by atoms with Crippen LogP contribution in [0.5, 0.6) is 0 Å². The molecule has 14 aromatic rings. The molecule has 0 atom stereocenters. The van der Waals surface area contributed by atoms with E-state index in [9.17, 15) is 0 Å². The average Bonchev–Trinajstić information content (AvgIpc) is 1.07. The van der Waals surface area contributed by atoms with E-state index in [2.05, 4.69) is 390 Å². The molecule has 0 N–H and O–H groups in total. The molecule has 4 heteroatoms. The molecule has 13 aromatic carbocycles. The quantitative estimate of drug-likeness (QED) is 0.133. The van der Waals surface area contributed by atoms with Crippen molar-refractivity contribution in [1.82, 2.24) is 4.57 Å². The van der Waals surface area contributed by atoms with Crippen molar-refractivity contribution >= 4 is 79.0 Å². The maximum Gasteiger partial charge on any atom is 0.252 e. The molecule has 0 amide bonds. The van der Waals surface area contributed by atoms with Gasteiger partial charge in [-0.25, -0.2) is 0 Å². The molecule has 0 bridgehead atoms. The number of rotatable bonds is 9. The molecule has 2 aliphatic heterocycles. The van der Waals surface area contributed by atoms with Gasteiger partial charge in [-0.3, -0.25) is 0 Å². The second-order valence-electron chi connectivity index (χ2n) is 35.9. The van der Waals surface area contributed by atoms with Crippen LogP contribution < -0.4 is 26.2 Å². The Balaban J connectivity index is 0.915. The summed E-state index contributed by atoms with van der Waals surface area (Å²) in [4.78, 5) is 5.27. The van der Waals surface area contributed by atoms with Crippen molar-refractivity contribution in [1.29, 1.82) is 0 Å². The molecular formula is C102H96BN3. The molecule has 0 fully saturated rings. The predicted molar refractivity (Wildman–Crippen MR) is 455 cm³/mol. The lowest BCUT2D eigenvalue weighted by molar-refractivity contribution is 0.332. The van der Waals surface area contributed by atoms with E-state index in [0.29, 0.717) is 0 Å². The molecule has 2 aliphatic carbocycles. The minimum absolute atomic E-state index is 0.0175. The summed E-state index contributed by atoms with van der Waals surface area (Å²) in [5.74, 6) is 0. The Labute approximate surface area is 629 Å². The number of aromatic nitrogens is 1. The molecular weight excluding hydrogens is 1280 g/mol. The van der Waals surface area contributed by atoms with Gasteiger partial charge in [-0.05, 0) is 248 Å². The topological polar surface area (TPSA) is 11.4 Å². The number of nitrogens with zero attached hydrogens (tertiary/aromatic N) is 3. The van der Waals surface area contributed by atoms with Gasteiger partial charge in [0.2, 0.25) is 0 Å². The van der Waals surface area contributed by atoms with Crippen LogP contribution in [0.2, 0.25) is 0 Å². The number of hydrogen-bond donors (Lipinski definition) is 0. The summed E-state index contributed by atoms with van der Waals surface area (Å²) >= 11 is 0. The van der Waals surface area contributed by atoms with Crippen LogP contribution in [0.25, 0.3) is 94.3 Å². The number of anilines is 6. The van der Waals surface area contributed by atoms with Gasteiger partial charge in [0.15, 0.2) is 0 Å². The highest BCUT2D eigenvalue weighted by Gasteiger charge is 2.45. The van der Waals surface area contributed by atoms with Crippen LogP contribution >= 0.6 is 0 Å². The molecule has 522 valence electrons. The Hall–Kier alpha value is -10.7. The highest BCUT2D eigenvalue weighted by atomic mass is 15.2. The second-order valence-corrected chi connectivity index (χ2v) is 35.9. The standard InChI is InChI=1S/C102H96BN3/c1-97(2,3)77-39-25-67(26-40-77)75-35-49-88-92(61-75)104(79-43-29-69(30-44-79)73-33-47-84-86(59-73)101(11,12)55-53-99(84,7)8)94-63-81(106-90-51-37-71(65-21-17-15-18-22-65)57-82(90)83-58-72(38-52-91(83)106)66-23-19-16-20-24-66)64-95-96(94)103(88)89-50-36-76(68-27-41-78(42-28-68)98(4,5)6)62-93(89)105(95)80-45-31-70(32-46-80)74-34-48-85-87(60-74)102(13,14)56-54-100(85,9)10/h15-52,57-64H,53-56H2,1-14H3. The minimum atomic E-state index is -0.143. The minimum Gasteiger partial charge on any atom is -0.311 e. The highest BCUT2D eigenvalue weighted by molar-refractivity contribution is 7.00. The maximum atomic E-state index is 2.63. The van der Waals surface area contributed by atoms with E-state index in [1.54, 1.807) is 0 Å².